The molecule has 0 saturated carbocycles. The van der Waals surface area contributed by atoms with Crippen molar-refractivity contribution in [2.24, 2.45) is 5.92 Å². The minimum absolute atomic E-state index is 0.0498. The Labute approximate surface area is 197 Å². The van der Waals surface area contributed by atoms with E-state index < -0.39 is 0 Å². The fourth-order valence-corrected chi connectivity index (χ4v) is 5.49. The van der Waals surface area contributed by atoms with Gasteiger partial charge in [0.05, 0.1) is 21.6 Å². The van der Waals surface area contributed by atoms with Crippen LogP contribution < -0.4 is 10.2 Å². The van der Waals surface area contributed by atoms with E-state index in [1.165, 1.54) is 10.4 Å². The van der Waals surface area contributed by atoms with Gasteiger partial charge in [-0.3, -0.25) is 4.79 Å². The third-order valence-corrected chi connectivity index (χ3v) is 7.57. The number of hydrogen-bond donors (Lipinski definition) is 1. The summed E-state index contributed by atoms with van der Waals surface area (Å²) in [5.74, 6) is 0.192. The van der Waals surface area contributed by atoms with Crippen molar-refractivity contribution >= 4 is 50.2 Å². The Morgan fingerprint density at radius 2 is 2.00 bits per heavy atom. The Bertz CT molecular complexity index is 1200. The van der Waals surface area contributed by atoms with Crippen LogP contribution in [0.25, 0.3) is 21.5 Å². The molecule has 1 saturated heterocycles. The molecule has 0 radical (unpaired) electrons. The summed E-state index contributed by atoms with van der Waals surface area (Å²) in [5.41, 5.74) is 5.45. The fraction of sp³-hybridized carbons (Fsp3) is 0.269. The largest absolute Gasteiger partial charge is 0.370 e. The van der Waals surface area contributed by atoms with Crippen molar-refractivity contribution < 1.29 is 4.79 Å². The number of rotatable bonds is 5. The van der Waals surface area contributed by atoms with E-state index in [-0.39, 0.29) is 11.8 Å². The van der Waals surface area contributed by atoms with Crippen LogP contribution in [0.4, 0.5) is 5.69 Å². The van der Waals surface area contributed by atoms with Crippen LogP contribution in [0, 0.1) is 5.92 Å². The molecule has 4 nitrogen and oxygen atoms in total. The zero-order valence-corrected chi connectivity index (χ0v) is 19.4. The van der Waals surface area contributed by atoms with Gasteiger partial charge in [0.25, 0.3) is 0 Å². The summed E-state index contributed by atoms with van der Waals surface area (Å²) in [5, 5.41) is 5.21. The minimum Gasteiger partial charge on any atom is -0.370 e. The zero-order valence-electron chi connectivity index (χ0n) is 17.8. The maximum atomic E-state index is 12.8. The molecule has 1 aliphatic heterocycles. The molecule has 0 unspecified atom stereocenters. The van der Waals surface area contributed by atoms with Crippen LogP contribution in [-0.2, 0) is 4.79 Å². The lowest BCUT2D eigenvalue weighted by atomic mass is 9.95. The van der Waals surface area contributed by atoms with Gasteiger partial charge < -0.3 is 10.2 Å². The molecule has 5 rings (SSSR count). The number of amides is 1. The average Bonchev–Trinajstić information content (AvgIpc) is 3.32. The van der Waals surface area contributed by atoms with Crippen molar-refractivity contribution in [3.05, 3.63) is 71.6 Å². The number of carbonyl (C=O) groups excluding carboxylic acids is 1. The van der Waals surface area contributed by atoms with E-state index >= 15 is 0 Å². The molecule has 1 amide bonds. The fourth-order valence-electron chi connectivity index (χ4n) is 4.38. The van der Waals surface area contributed by atoms with Crippen LogP contribution in [0.2, 0.25) is 0 Å². The summed E-state index contributed by atoms with van der Waals surface area (Å²) >= 11 is 7.14. The van der Waals surface area contributed by atoms with Crippen LogP contribution in [0.3, 0.4) is 0 Å². The summed E-state index contributed by atoms with van der Waals surface area (Å²) in [6, 6.07) is 14.6. The molecule has 2 aromatic heterocycles. The number of nitrogens with zero attached hydrogens (tertiary/aromatic N) is 2. The second-order valence-corrected chi connectivity index (χ2v) is 9.66. The highest BCUT2D eigenvalue weighted by Gasteiger charge is 2.26. The maximum Gasteiger partial charge on any atom is 0.223 e. The third-order valence-electron chi connectivity index (χ3n) is 6.22. The summed E-state index contributed by atoms with van der Waals surface area (Å²) in [6.45, 7) is 2.27. The number of thiocarbonyl (C=S) groups is 1. The lowest BCUT2D eigenvalue weighted by Crippen LogP contribution is -2.41. The number of aromatic nitrogens is 1. The molecule has 6 heteroatoms. The molecule has 3 aromatic rings. The number of piperidine rings is 1. The smallest absolute Gasteiger partial charge is 0.223 e. The highest BCUT2D eigenvalue weighted by molar-refractivity contribution is 7.80. The van der Waals surface area contributed by atoms with Crippen molar-refractivity contribution in [3.8, 4) is 11.3 Å². The number of pyridine rings is 1. The highest BCUT2D eigenvalue weighted by atomic mass is 32.1. The topological polar surface area (TPSA) is 45.2 Å². The van der Waals surface area contributed by atoms with Crippen molar-refractivity contribution in [2.75, 3.05) is 24.5 Å². The zero-order chi connectivity index (χ0) is 21.9. The second kappa shape index (κ2) is 9.35. The standard InChI is InChI=1S/C26H25N3OS2/c30-26(27-17-20-8-4-5-9-24(20)31)19-10-13-29(14-11-19)23-16-22(18-6-2-1-3-7-18)28-21-12-15-32-25(21)23/h1-8,12,15-16,19H,9-11,13-14,17H2,(H,27,30). The van der Waals surface area contributed by atoms with E-state index in [4.69, 9.17) is 17.2 Å². The van der Waals surface area contributed by atoms with Crippen molar-refractivity contribution in [3.63, 3.8) is 0 Å². The first-order valence-corrected chi connectivity index (χ1v) is 12.3. The predicted molar refractivity (Wildman–Crippen MR) is 137 cm³/mol. The number of carbonyl (C=O) groups is 1. The number of fused-ring (bicyclic) bond motifs is 1. The van der Waals surface area contributed by atoms with E-state index in [1.54, 1.807) is 11.3 Å². The van der Waals surface area contributed by atoms with E-state index in [1.807, 2.05) is 30.4 Å². The summed E-state index contributed by atoms with van der Waals surface area (Å²) in [7, 11) is 0. The second-order valence-electron chi connectivity index (χ2n) is 8.25. The van der Waals surface area contributed by atoms with Crippen molar-refractivity contribution in [1.82, 2.24) is 10.3 Å². The molecule has 162 valence electrons. The van der Waals surface area contributed by atoms with Crippen LogP contribution in [-0.4, -0.2) is 35.4 Å². The Hall–Kier alpha value is -2.83. The van der Waals surface area contributed by atoms with Gasteiger partial charge in [0.1, 0.15) is 0 Å². The highest BCUT2D eigenvalue weighted by Crippen LogP contribution is 2.36. The van der Waals surface area contributed by atoms with Gasteiger partial charge in [-0.25, -0.2) is 4.98 Å². The van der Waals surface area contributed by atoms with E-state index in [2.05, 4.69) is 45.9 Å². The molecule has 1 aliphatic carbocycles. The van der Waals surface area contributed by atoms with Crippen LogP contribution in [0.1, 0.15) is 19.3 Å². The molecule has 0 spiro atoms. The first kappa shape index (κ1) is 21.0. The van der Waals surface area contributed by atoms with Gasteiger partial charge in [0.2, 0.25) is 5.91 Å². The summed E-state index contributed by atoms with van der Waals surface area (Å²) in [6.07, 6.45) is 8.57. The molecule has 0 bridgehead atoms. The van der Waals surface area contributed by atoms with Crippen molar-refractivity contribution in [2.45, 2.75) is 19.3 Å². The molecule has 3 heterocycles. The summed E-state index contributed by atoms with van der Waals surface area (Å²) in [4.78, 5) is 21.0. The quantitative estimate of drug-likeness (QED) is 0.508. The Morgan fingerprint density at radius 1 is 1.19 bits per heavy atom. The van der Waals surface area contributed by atoms with Crippen LogP contribution >= 0.6 is 23.6 Å². The van der Waals surface area contributed by atoms with Crippen LogP contribution in [0.5, 0.6) is 0 Å². The van der Waals surface area contributed by atoms with Gasteiger partial charge in [-0.05, 0) is 35.9 Å². The molecule has 1 aromatic carbocycles. The Kier molecular flexibility index (Phi) is 6.14. The number of allylic oxidation sites excluding steroid dienone is 3. The molecular weight excluding hydrogens is 434 g/mol. The Morgan fingerprint density at radius 3 is 2.78 bits per heavy atom. The van der Waals surface area contributed by atoms with Gasteiger partial charge in [0, 0.05) is 42.4 Å². The normalized spacial score (nSPS) is 16.9. The summed E-state index contributed by atoms with van der Waals surface area (Å²) < 4.78 is 1.22. The first-order valence-electron chi connectivity index (χ1n) is 11.0. The van der Waals surface area contributed by atoms with Crippen LogP contribution in [0.15, 0.2) is 71.6 Å². The molecule has 32 heavy (non-hydrogen) atoms. The predicted octanol–water partition coefficient (Wildman–Crippen LogP) is 5.55. The third kappa shape index (κ3) is 4.38. The molecule has 1 N–H and O–H groups in total. The SMILES string of the molecule is O=C(NCC1=CC=CCC1=S)C1CCN(c2cc(-c3ccccc3)nc3ccsc23)CC1. The lowest BCUT2D eigenvalue weighted by Gasteiger charge is -2.33. The molecule has 0 atom stereocenters. The first-order chi connectivity index (χ1) is 15.7. The van der Waals surface area contributed by atoms with Gasteiger partial charge in [-0.15, -0.1) is 11.3 Å². The number of hydrogen-bond acceptors (Lipinski definition) is 5. The molecule has 2 aliphatic rings. The van der Waals surface area contributed by atoms with E-state index in [9.17, 15) is 4.79 Å². The lowest BCUT2D eigenvalue weighted by molar-refractivity contribution is -0.125. The molecule has 1 fully saturated rings. The van der Waals surface area contributed by atoms with Crippen molar-refractivity contribution in [1.29, 1.82) is 0 Å². The monoisotopic (exact) mass is 459 g/mol. The number of benzene rings is 1. The van der Waals surface area contributed by atoms with Gasteiger partial charge in [-0.1, -0.05) is 60.8 Å². The molecular formula is C26H25N3OS2. The van der Waals surface area contributed by atoms with E-state index in [0.717, 1.165) is 59.6 Å². The number of anilines is 1. The van der Waals surface area contributed by atoms with Gasteiger partial charge in [0.15, 0.2) is 0 Å². The Balaban J connectivity index is 1.27. The number of thiophene rings is 1. The van der Waals surface area contributed by atoms with Gasteiger partial charge in [-0.2, -0.15) is 0 Å². The maximum absolute atomic E-state index is 12.8. The minimum atomic E-state index is 0.0498. The number of nitrogens with one attached hydrogen (secondary N) is 1. The van der Waals surface area contributed by atoms with E-state index in [0.29, 0.717) is 6.54 Å². The van der Waals surface area contributed by atoms with Gasteiger partial charge >= 0.3 is 0 Å². The average molecular weight is 460 g/mol.